The fourth-order valence-electron chi connectivity index (χ4n) is 2.04. The third kappa shape index (κ3) is 3.35. The normalized spacial score (nSPS) is 11.0. The van der Waals surface area contributed by atoms with Gasteiger partial charge in [-0.1, -0.05) is 41.9 Å². The molecular weight excluding hydrogens is 340 g/mol. The molecule has 0 fully saturated rings. The van der Waals surface area contributed by atoms with Gasteiger partial charge in [-0.2, -0.15) is 0 Å². The lowest BCUT2D eigenvalue weighted by Gasteiger charge is -2.23. The molecule has 0 N–H and O–H groups in total. The molecule has 0 atom stereocenters. The highest BCUT2D eigenvalue weighted by atomic mass is 35.5. The molecule has 0 aliphatic heterocycles. The minimum Gasteiger partial charge on any atom is -0.261 e. The Kier molecular flexibility index (Phi) is 5.02. The third-order valence-electron chi connectivity index (χ3n) is 3.05. The molecule has 8 heteroatoms. The summed E-state index contributed by atoms with van der Waals surface area (Å²) in [7, 11) is -4.18. The van der Waals surface area contributed by atoms with Gasteiger partial charge in [0.15, 0.2) is 4.90 Å². The first kappa shape index (κ1) is 17.0. The number of nitrogens with zero attached hydrogens (tertiary/aromatic N) is 2. The average Bonchev–Trinajstić information content (AvgIpc) is 2.53. The summed E-state index contributed by atoms with van der Waals surface area (Å²) in [4.78, 5) is 10.0. The summed E-state index contributed by atoms with van der Waals surface area (Å²) in [5.74, 6) is 0. The fraction of sp³-hybridized carbons (Fsp3) is 0.0667. The Balaban J connectivity index is 2.66. The van der Waals surface area contributed by atoms with Gasteiger partial charge in [0.2, 0.25) is 0 Å². The van der Waals surface area contributed by atoms with Crippen LogP contribution in [0.4, 0.5) is 11.4 Å². The Labute approximate surface area is 138 Å². The molecule has 0 unspecified atom stereocenters. The molecule has 2 rings (SSSR count). The van der Waals surface area contributed by atoms with Gasteiger partial charge in [-0.3, -0.25) is 14.4 Å². The van der Waals surface area contributed by atoms with E-state index >= 15 is 0 Å². The van der Waals surface area contributed by atoms with Crippen molar-refractivity contribution in [2.45, 2.75) is 4.90 Å². The summed E-state index contributed by atoms with van der Waals surface area (Å²) in [6, 6.07) is 11.5. The molecule has 0 saturated heterocycles. The lowest BCUT2D eigenvalue weighted by molar-refractivity contribution is -0.387. The van der Waals surface area contributed by atoms with E-state index in [1.165, 1.54) is 30.3 Å². The lowest BCUT2D eigenvalue weighted by atomic mass is 10.3. The van der Waals surface area contributed by atoms with Crippen LogP contribution in [0.5, 0.6) is 0 Å². The Bertz CT molecular complexity index is 852. The van der Waals surface area contributed by atoms with Crippen molar-refractivity contribution in [3.63, 3.8) is 0 Å². The smallest absolute Gasteiger partial charge is 0.261 e. The summed E-state index contributed by atoms with van der Waals surface area (Å²) in [6.07, 6.45) is 1.38. The number of sulfonamides is 1. The Hall–Kier alpha value is -2.38. The number of halogens is 1. The molecule has 23 heavy (non-hydrogen) atoms. The number of para-hydroxylation sites is 2. The summed E-state index contributed by atoms with van der Waals surface area (Å²) < 4.78 is 26.8. The maximum atomic E-state index is 12.9. The second kappa shape index (κ2) is 6.80. The van der Waals surface area contributed by atoms with Crippen LogP contribution in [0.1, 0.15) is 0 Å². The topological polar surface area (TPSA) is 80.5 Å². The van der Waals surface area contributed by atoms with Crippen LogP contribution in [0.3, 0.4) is 0 Å². The zero-order valence-corrected chi connectivity index (χ0v) is 13.5. The van der Waals surface area contributed by atoms with Crippen LogP contribution < -0.4 is 4.31 Å². The summed E-state index contributed by atoms with van der Waals surface area (Å²) in [5.41, 5.74) is -0.263. The molecule has 2 aromatic rings. The van der Waals surface area contributed by atoms with E-state index < -0.39 is 25.5 Å². The maximum absolute atomic E-state index is 12.9. The first-order valence-electron chi connectivity index (χ1n) is 6.51. The number of benzene rings is 2. The number of nitro benzene ring substituents is 1. The predicted molar refractivity (Wildman–Crippen MR) is 89.3 cm³/mol. The van der Waals surface area contributed by atoms with E-state index in [-0.39, 0.29) is 17.3 Å². The summed E-state index contributed by atoms with van der Waals surface area (Å²) in [5, 5.41) is 11.3. The quantitative estimate of drug-likeness (QED) is 0.451. The largest absolute Gasteiger partial charge is 0.289 e. The monoisotopic (exact) mass is 352 g/mol. The van der Waals surface area contributed by atoms with Crippen molar-refractivity contribution in [1.29, 1.82) is 0 Å². The van der Waals surface area contributed by atoms with Crippen molar-refractivity contribution in [3.8, 4) is 0 Å². The van der Waals surface area contributed by atoms with Gasteiger partial charge in [0.05, 0.1) is 22.2 Å². The zero-order chi connectivity index (χ0) is 17.0. The van der Waals surface area contributed by atoms with Gasteiger partial charge < -0.3 is 0 Å². The molecular formula is C15H13ClN2O4S. The molecule has 0 aromatic heterocycles. The minimum absolute atomic E-state index is 0.0713. The van der Waals surface area contributed by atoms with Crippen molar-refractivity contribution >= 4 is 33.0 Å². The van der Waals surface area contributed by atoms with Crippen molar-refractivity contribution in [2.24, 2.45) is 0 Å². The van der Waals surface area contributed by atoms with E-state index in [2.05, 4.69) is 6.58 Å². The van der Waals surface area contributed by atoms with Gasteiger partial charge in [-0.25, -0.2) is 8.42 Å². The molecule has 2 aromatic carbocycles. The standard InChI is InChI=1S/C15H13ClN2O4S/c1-2-11-17(13-8-4-3-7-12(13)16)23(21,22)15-10-6-5-9-14(15)18(19)20/h2-10H,1,11H2. The van der Waals surface area contributed by atoms with Crippen LogP contribution in [0.15, 0.2) is 66.1 Å². The molecule has 0 heterocycles. The summed E-state index contributed by atoms with van der Waals surface area (Å²) in [6.45, 7) is 3.47. The summed E-state index contributed by atoms with van der Waals surface area (Å²) >= 11 is 6.08. The third-order valence-corrected chi connectivity index (χ3v) is 5.19. The van der Waals surface area contributed by atoms with E-state index in [9.17, 15) is 18.5 Å². The average molecular weight is 353 g/mol. The SMILES string of the molecule is C=CCN(c1ccccc1Cl)S(=O)(=O)c1ccccc1[N+](=O)[O-]. The maximum Gasteiger partial charge on any atom is 0.289 e. The molecule has 6 nitrogen and oxygen atoms in total. The van der Waals surface area contributed by atoms with Crippen LogP contribution in [0, 0.1) is 10.1 Å². The van der Waals surface area contributed by atoms with Gasteiger partial charge in [0, 0.05) is 6.07 Å². The molecule has 0 bridgehead atoms. The molecule has 0 radical (unpaired) electrons. The highest BCUT2D eigenvalue weighted by Gasteiger charge is 2.31. The van der Waals surface area contributed by atoms with E-state index in [1.807, 2.05) is 0 Å². The molecule has 0 saturated carbocycles. The van der Waals surface area contributed by atoms with E-state index in [0.717, 1.165) is 10.4 Å². The number of anilines is 1. The number of hydrogen-bond donors (Lipinski definition) is 0. The van der Waals surface area contributed by atoms with Crippen molar-refractivity contribution in [2.75, 3.05) is 10.8 Å². The van der Waals surface area contributed by atoms with Crippen molar-refractivity contribution < 1.29 is 13.3 Å². The van der Waals surface area contributed by atoms with Gasteiger partial charge in [-0.15, -0.1) is 6.58 Å². The van der Waals surface area contributed by atoms with E-state index in [1.54, 1.807) is 18.2 Å². The van der Waals surface area contributed by atoms with Crippen LogP contribution in [0.25, 0.3) is 0 Å². The Morgan fingerprint density at radius 1 is 1.17 bits per heavy atom. The molecule has 0 amide bonds. The first-order valence-corrected chi connectivity index (χ1v) is 8.33. The zero-order valence-electron chi connectivity index (χ0n) is 11.9. The predicted octanol–water partition coefficient (Wildman–Crippen LogP) is 3.63. The van der Waals surface area contributed by atoms with Crippen LogP contribution >= 0.6 is 11.6 Å². The Morgan fingerprint density at radius 3 is 2.39 bits per heavy atom. The van der Waals surface area contributed by atoms with E-state index in [0.29, 0.717) is 0 Å². The van der Waals surface area contributed by atoms with Crippen molar-refractivity contribution in [1.82, 2.24) is 0 Å². The molecule has 0 spiro atoms. The molecule has 120 valence electrons. The molecule has 0 aliphatic carbocycles. The lowest BCUT2D eigenvalue weighted by Crippen LogP contribution is -2.31. The van der Waals surface area contributed by atoms with Crippen LogP contribution in [-0.2, 0) is 10.0 Å². The first-order chi connectivity index (χ1) is 10.9. The van der Waals surface area contributed by atoms with Crippen LogP contribution in [0.2, 0.25) is 5.02 Å². The molecule has 0 aliphatic rings. The van der Waals surface area contributed by atoms with E-state index in [4.69, 9.17) is 11.6 Å². The number of hydrogen-bond acceptors (Lipinski definition) is 4. The van der Waals surface area contributed by atoms with Gasteiger partial charge in [0.1, 0.15) is 0 Å². The van der Waals surface area contributed by atoms with Gasteiger partial charge >= 0.3 is 0 Å². The highest BCUT2D eigenvalue weighted by Crippen LogP contribution is 2.33. The minimum atomic E-state index is -4.18. The number of nitro groups is 1. The highest BCUT2D eigenvalue weighted by molar-refractivity contribution is 7.93. The van der Waals surface area contributed by atoms with Crippen LogP contribution in [-0.4, -0.2) is 19.9 Å². The van der Waals surface area contributed by atoms with Gasteiger partial charge in [0.25, 0.3) is 15.7 Å². The second-order valence-corrected chi connectivity index (χ2v) is 6.74. The fourth-order valence-corrected chi connectivity index (χ4v) is 3.94. The van der Waals surface area contributed by atoms with Gasteiger partial charge in [-0.05, 0) is 18.2 Å². The second-order valence-electron chi connectivity index (χ2n) is 4.50. The number of rotatable bonds is 6. The van der Waals surface area contributed by atoms with Crippen molar-refractivity contribution in [3.05, 3.63) is 76.3 Å². The Morgan fingerprint density at radius 2 is 1.78 bits per heavy atom.